The van der Waals surface area contributed by atoms with Gasteiger partial charge in [0, 0.05) is 18.5 Å². The highest BCUT2D eigenvalue weighted by molar-refractivity contribution is 5.66. The molecule has 1 aromatic rings. The first-order chi connectivity index (χ1) is 9.72. The maximum Gasteiger partial charge on any atom is 0.303 e. The van der Waals surface area contributed by atoms with Crippen LogP contribution in [-0.2, 0) is 4.79 Å². The molecular formula is C14H18N2O4. The van der Waals surface area contributed by atoms with Crippen molar-refractivity contribution >= 4 is 5.97 Å². The fraction of sp³-hybridized carbons (Fsp3) is 0.500. The molecule has 3 N–H and O–H groups in total. The minimum absolute atomic E-state index is 0.171. The Morgan fingerprint density at radius 3 is 2.85 bits per heavy atom. The number of hydrazine groups is 1. The van der Waals surface area contributed by atoms with Gasteiger partial charge in [0.2, 0.25) is 0 Å². The zero-order valence-corrected chi connectivity index (χ0v) is 11.1. The van der Waals surface area contributed by atoms with Gasteiger partial charge >= 0.3 is 5.97 Å². The van der Waals surface area contributed by atoms with Gasteiger partial charge in [-0.3, -0.25) is 15.6 Å². The van der Waals surface area contributed by atoms with Crippen LogP contribution in [0.4, 0.5) is 0 Å². The van der Waals surface area contributed by atoms with Crippen LogP contribution in [0.2, 0.25) is 0 Å². The van der Waals surface area contributed by atoms with Crippen LogP contribution in [0.25, 0.3) is 0 Å². The molecule has 0 saturated carbocycles. The molecule has 6 nitrogen and oxygen atoms in total. The largest absolute Gasteiger partial charge is 0.486 e. The Morgan fingerprint density at radius 1 is 1.25 bits per heavy atom. The molecule has 2 heterocycles. The Bertz CT molecular complexity index is 506. The highest BCUT2D eigenvalue weighted by atomic mass is 16.6. The van der Waals surface area contributed by atoms with Crippen LogP contribution in [0, 0.1) is 0 Å². The van der Waals surface area contributed by atoms with E-state index in [-0.39, 0.29) is 18.5 Å². The number of carboxylic acid groups (broad SMARTS) is 1. The molecular weight excluding hydrogens is 260 g/mol. The lowest BCUT2D eigenvalue weighted by molar-refractivity contribution is -0.137. The van der Waals surface area contributed by atoms with E-state index in [1.807, 2.05) is 18.2 Å². The van der Waals surface area contributed by atoms with Crippen LogP contribution in [0.15, 0.2) is 18.2 Å². The molecule has 1 saturated heterocycles. The number of benzene rings is 1. The molecule has 2 aliphatic heterocycles. The Labute approximate surface area is 117 Å². The zero-order valence-electron chi connectivity index (χ0n) is 11.1. The number of ether oxygens (including phenoxy) is 2. The number of aliphatic carboxylic acids is 1. The van der Waals surface area contributed by atoms with Crippen molar-refractivity contribution in [1.82, 2.24) is 10.9 Å². The van der Waals surface area contributed by atoms with E-state index < -0.39 is 5.97 Å². The topological polar surface area (TPSA) is 79.8 Å². The van der Waals surface area contributed by atoms with Crippen molar-refractivity contribution in [3.05, 3.63) is 23.8 Å². The van der Waals surface area contributed by atoms with E-state index in [0.29, 0.717) is 19.6 Å². The lowest BCUT2D eigenvalue weighted by Gasteiger charge is -2.20. The first-order valence-corrected chi connectivity index (χ1v) is 6.85. The summed E-state index contributed by atoms with van der Waals surface area (Å²) in [6.45, 7) is 1.17. The molecule has 1 aromatic carbocycles. The predicted molar refractivity (Wildman–Crippen MR) is 71.7 cm³/mol. The molecule has 0 bridgehead atoms. The van der Waals surface area contributed by atoms with Gasteiger partial charge in [0.25, 0.3) is 0 Å². The average Bonchev–Trinajstić information content (AvgIpc) is 2.93. The molecule has 0 spiro atoms. The van der Waals surface area contributed by atoms with Crippen LogP contribution < -0.4 is 20.3 Å². The smallest absolute Gasteiger partial charge is 0.303 e. The first kappa shape index (κ1) is 13.2. The quantitative estimate of drug-likeness (QED) is 0.768. The predicted octanol–water partition coefficient (Wildman–Crippen LogP) is 1.23. The molecule has 0 aromatic heterocycles. The highest BCUT2D eigenvalue weighted by Gasteiger charge is 2.26. The van der Waals surface area contributed by atoms with E-state index in [2.05, 4.69) is 10.9 Å². The van der Waals surface area contributed by atoms with Crippen LogP contribution in [0.3, 0.4) is 0 Å². The molecule has 0 aliphatic carbocycles. The van der Waals surface area contributed by atoms with Crippen molar-refractivity contribution in [1.29, 1.82) is 0 Å². The van der Waals surface area contributed by atoms with E-state index in [0.717, 1.165) is 23.5 Å². The summed E-state index contributed by atoms with van der Waals surface area (Å²) in [6, 6.07) is 6.30. The summed E-state index contributed by atoms with van der Waals surface area (Å²) in [5.41, 5.74) is 7.49. The van der Waals surface area contributed by atoms with Gasteiger partial charge in [0.1, 0.15) is 13.2 Å². The summed E-state index contributed by atoms with van der Waals surface area (Å²) in [7, 11) is 0. The van der Waals surface area contributed by atoms with Crippen molar-refractivity contribution in [2.45, 2.75) is 31.3 Å². The minimum atomic E-state index is -0.755. The van der Waals surface area contributed by atoms with Gasteiger partial charge in [0.05, 0.1) is 0 Å². The molecule has 108 valence electrons. The second kappa shape index (κ2) is 5.68. The van der Waals surface area contributed by atoms with Crippen molar-refractivity contribution in [3.63, 3.8) is 0 Å². The van der Waals surface area contributed by atoms with E-state index >= 15 is 0 Å². The maximum atomic E-state index is 10.6. The van der Waals surface area contributed by atoms with Gasteiger partial charge in [-0.05, 0) is 30.5 Å². The molecule has 0 radical (unpaired) electrons. The number of hydrogen-bond donors (Lipinski definition) is 3. The molecule has 0 amide bonds. The van der Waals surface area contributed by atoms with Crippen molar-refractivity contribution in [3.8, 4) is 11.5 Å². The summed E-state index contributed by atoms with van der Waals surface area (Å²) in [4.78, 5) is 10.6. The van der Waals surface area contributed by atoms with Crippen LogP contribution >= 0.6 is 0 Å². The number of rotatable bonds is 4. The van der Waals surface area contributed by atoms with Crippen LogP contribution in [0.5, 0.6) is 11.5 Å². The molecule has 2 aliphatic rings. The van der Waals surface area contributed by atoms with Crippen molar-refractivity contribution in [2.75, 3.05) is 13.2 Å². The summed E-state index contributed by atoms with van der Waals surface area (Å²) in [5.74, 6) is 0.812. The molecule has 1 fully saturated rings. The third-order valence-corrected chi connectivity index (χ3v) is 3.66. The lowest BCUT2D eigenvalue weighted by Crippen LogP contribution is -2.31. The summed E-state index contributed by atoms with van der Waals surface area (Å²) in [6.07, 6.45) is 1.68. The summed E-state index contributed by atoms with van der Waals surface area (Å²) < 4.78 is 11.1. The monoisotopic (exact) mass is 278 g/mol. The third-order valence-electron chi connectivity index (χ3n) is 3.66. The number of carbonyl (C=O) groups is 1. The standard InChI is InChI=1S/C14H18N2O4/c17-14(18)4-2-10-8-11(16-15-10)9-1-3-12-13(7-9)20-6-5-19-12/h1,3,7,10-11,15-16H,2,4-6,8H2,(H,17,18). The van der Waals surface area contributed by atoms with Gasteiger partial charge in [-0.15, -0.1) is 0 Å². The lowest BCUT2D eigenvalue weighted by atomic mass is 9.99. The Balaban J connectivity index is 1.64. The Hall–Kier alpha value is -1.79. The molecule has 3 rings (SSSR count). The second-order valence-corrected chi connectivity index (χ2v) is 5.11. The van der Waals surface area contributed by atoms with Gasteiger partial charge in [-0.25, -0.2) is 0 Å². The van der Waals surface area contributed by atoms with Gasteiger partial charge in [-0.1, -0.05) is 6.07 Å². The van der Waals surface area contributed by atoms with Gasteiger partial charge < -0.3 is 14.6 Å². The maximum absolute atomic E-state index is 10.6. The van der Waals surface area contributed by atoms with Crippen molar-refractivity contribution < 1.29 is 19.4 Å². The summed E-state index contributed by atoms with van der Waals surface area (Å²) >= 11 is 0. The number of fused-ring (bicyclic) bond motifs is 1. The fourth-order valence-corrected chi connectivity index (χ4v) is 2.60. The van der Waals surface area contributed by atoms with E-state index in [1.165, 1.54) is 0 Å². The number of nitrogens with one attached hydrogen (secondary N) is 2. The molecule has 2 atom stereocenters. The van der Waals surface area contributed by atoms with E-state index in [1.54, 1.807) is 0 Å². The molecule has 2 unspecified atom stereocenters. The molecule has 20 heavy (non-hydrogen) atoms. The minimum Gasteiger partial charge on any atom is -0.486 e. The summed E-state index contributed by atoms with van der Waals surface area (Å²) in [5, 5.41) is 8.71. The Morgan fingerprint density at radius 2 is 2.05 bits per heavy atom. The first-order valence-electron chi connectivity index (χ1n) is 6.85. The van der Waals surface area contributed by atoms with Crippen LogP contribution in [0.1, 0.15) is 30.9 Å². The van der Waals surface area contributed by atoms with Crippen molar-refractivity contribution in [2.24, 2.45) is 0 Å². The average molecular weight is 278 g/mol. The van der Waals surface area contributed by atoms with Gasteiger partial charge in [-0.2, -0.15) is 0 Å². The molecule has 6 heteroatoms. The number of carboxylic acids is 1. The SMILES string of the molecule is O=C(O)CCC1CC(c2ccc3c(c2)OCCO3)NN1. The fourth-order valence-electron chi connectivity index (χ4n) is 2.60. The number of hydrogen-bond acceptors (Lipinski definition) is 5. The zero-order chi connectivity index (χ0) is 13.9. The van der Waals surface area contributed by atoms with E-state index in [4.69, 9.17) is 14.6 Å². The van der Waals surface area contributed by atoms with E-state index in [9.17, 15) is 4.79 Å². The normalized spacial score (nSPS) is 24.6. The Kier molecular flexibility index (Phi) is 3.75. The van der Waals surface area contributed by atoms with Crippen LogP contribution in [-0.4, -0.2) is 30.3 Å². The third kappa shape index (κ3) is 2.86. The highest BCUT2D eigenvalue weighted by Crippen LogP contribution is 2.34. The van der Waals surface area contributed by atoms with Gasteiger partial charge in [0.15, 0.2) is 11.5 Å². The second-order valence-electron chi connectivity index (χ2n) is 5.11.